The Morgan fingerprint density at radius 1 is 0.273 bits per heavy atom. The Labute approximate surface area is 319 Å². The third-order valence-electron chi connectivity index (χ3n) is 10.2. The van der Waals surface area contributed by atoms with Gasteiger partial charge in [0.25, 0.3) is 0 Å². The van der Waals surface area contributed by atoms with Crippen LogP contribution in [0, 0.1) is 0 Å². The summed E-state index contributed by atoms with van der Waals surface area (Å²) in [5.41, 5.74) is 13.4. The molecule has 2 aromatic heterocycles. The van der Waals surface area contributed by atoms with Gasteiger partial charge in [0.1, 0.15) is 11.2 Å². The molecule has 0 aliphatic rings. The number of para-hydroxylation sites is 1. The van der Waals surface area contributed by atoms with Gasteiger partial charge in [-0.05, 0) is 57.1 Å². The van der Waals surface area contributed by atoms with E-state index in [1.165, 1.54) is 5.56 Å². The van der Waals surface area contributed by atoms with E-state index in [0.717, 1.165) is 77.6 Å². The third-order valence-corrected chi connectivity index (χ3v) is 10.2. The van der Waals surface area contributed by atoms with E-state index in [9.17, 15) is 0 Å². The van der Waals surface area contributed by atoms with Gasteiger partial charge in [0.2, 0.25) is 0 Å². The van der Waals surface area contributed by atoms with E-state index >= 15 is 0 Å². The topological polar surface area (TPSA) is 51.8 Å². The number of hydrogen-bond donors (Lipinski definition) is 0. The normalized spacial score (nSPS) is 11.3. The highest BCUT2D eigenvalue weighted by molar-refractivity contribution is 6.15. The minimum atomic E-state index is 0.591. The van der Waals surface area contributed by atoms with Crippen LogP contribution in [0.15, 0.2) is 205 Å². The Morgan fingerprint density at radius 2 is 0.655 bits per heavy atom. The molecule has 0 radical (unpaired) electrons. The maximum atomic E-state index is 6.43. The second-order valence-electron chi connectivity index (χ2n) is 13.6. The Morgan fingerprint density at radius 3 is 1.15 bits per heavy atom. The lowest BCUT2D eigenvalue weighted by atomic mass is 9.92. The molecule has 2 heterocycles. The Kier molecular flexibility index (Phi) is 8.12. The van der Waals surface area contributed by atoms with Crippen LogP contribution in [-0.4, -0.2) is 15.0 Å². The number of hydrogen-bond acceptors (Lipinski definition) is 4. The molecule has 8 aromatic carbocycles. The van der Waals surface area contributed by atoms with Crippen LogP contribution >= 0.6 is 0 Å². The predicted octanol–water partition coefficient (Wildman–Crippen LogP) is 13.4. The summed E-state index contributed by atoms with van der Waals surface area (Å²) >= 11 is 0. The van der Waals surface area contributed by atoms with Crippen molar-refractivity contribution in [3.05, 3.63) is 200 Å². The number of fused-ring (bicyclic) bond motifs is 3. The molecule has 258 valence electrons. The van der Waals surface area contributed by atoms with Crippen LogP contribution < -0.4 is 0 Å². The van der Waals surface area contributed by atoms with Gasteiger partial charge >= 0.3 is 0 Å². The summed E-state index contributed by atoms with van der Waals surface area (Å²) in [6.45, 7) is 0. The lowest BCUT2D eigenvalue weighted by Crippen LogP contribution is -2.01. The first-order chi connectivity index (χ1) is 27.2. The van der Waals surface area contributed by atoms with Gasteiger partial charge in [0.15, 0.2) is 17.5 Å². The smallest absolute Gasteiger partial charge is 0.164 e. The zero-order valence-corrected chi connectivity index (χ0v) is 29.8. The summed E-state index contributed by atoms with van der Waals surface area (Å²) < 4.78 is 6.43. The molecule has 0 amide bonds. The predicted molar refractivity (Wildman–Crippen MR) is 225 cm³/mol. The van der Waals surface area contributed by atoms with Crippen LogP contribution in [0.4, 0.5) is 0 Å². The molecule has 0 saturated carbocycles. The molecule has 0 aliphatic heterocycles. The SMILES string of the molecule is c1ccc(-c2ccc(-c3nc(-c4ccc(-c5ccccc5)cc4)nc(-c4ccc5oc6ccccc6c5c4-c4ccc(-c5ccccc5)cc4)n3)cc2)cc1. The first-order valence-electron chi connectivity index (χ1n) is 18.4. The van der Waals surface area contributed by atoms with Crippen molar-refractivity contribution >= 4 is 21.9 Å². The molecule has 10 rings (SSSR count). The molecule has 55 heavy (non-hydrogen) atoms. The van der Waals surface area contributed by atoms with Crippen molar-refractivity contribution in [2.75, 3.05) is 0 Å². The van der Waals surface area contributed by atoms with Crippen molar-refractivity contribution in [1.29, 1.82) is 0 Å². The number of aromatic nitrogens is 3. The molecule has 0 saturated heterocycles. The summed E-state index contributed by atoms with van der Waals surface area (Å²) in [6.07, 6.45) is 0. The average molecular weight is 704 g/mol. The molecule has 0 unspecified atom stereocenters. The number of benzene rings is 8. The second kappa shape index (κ2) is 13.8. The molecular formula is C51H33N3O. The summed E-state index contributed by atoms with van der Waals surface area (Å²) in [5.74, 6) is 1.80. The zero-order valence-electron chi connectivity index (χ0n) is 29.8. The highest BCUT2D eigenvalue weighted by Crippen LogP contribution is 2.43. The van der Waals surface area contributed by atoms with Crippen LogP contribution in [0.2, 0.25) is 0 Å². The van der Waals surface area contributed by atoms with Gasteiger partial charge in [-0.3, -0.25) is 0 Å². The van der Waals surface area contributed by atoms with E-state index in [0.29, 0.717) is 17.5 Å². The van der Waals surface area contributed by atoms with Gasteiger partial charge in [-0.1, -0.05) is 182 Å². The lowest BCUT2D eigenvalue weighted by molar-refractivity contribution is 0.669. The quantitative estimate of drug-likeness (QED) is 0.166. The fourth-order valence-electron chi connectivity index (χ4n) is 7.40. The highest BCUT2D eigenvalue weighted by Gasteiger charge is 2.21. The van der Waals surface area contributed by atoms with Gasteiger partial charge in [-0.25, -0.2) is 15.0 Å². The molecule has 0 N–H and O–H groups in total. The molecule has 10 aromatic rings. The standard InChI is InChI=1S/C51H33N3O/c1-4-12-34(13-5-1)37-20-26-40(27-21-37)47-44(32-33-46-48(47)43-18-10-11-19-45(43)55-46)51-53-49(41-28-22-38(23-29-41)35-14-6-2-7-15-35)52-50(54-51)42-30-24-39(25-31-42)36-16-8-3-9-17-36/h1-33H. The van der Waals surface area contributed by atoms with Gasteiger partial charge in [0.05, 0.1) is 0 Å². The zero-order chi connectivity index (χ0) is 36.6. The third kappa shape index (κ3) is 6.16. The summed E-state index contributed by atoms with van der Waals surface area (Å²) in [4.78, 5) is 15.6. The van der Waals surface area contributed by atoms with E-state index in [-0.39, 0.29) is 0 Å². The van der Waals surface area contributed by atoms with E-state index in [2.05, 4.69) is 164 Å². The Bertz CT molecular complexity index is 2820. The van der Waals surface area contributed by atoms with Crippen molar-refractivity contribution in [1.82, 2.24) is 15.0 Å². The summed E-state index contributed by atoms with van der Waals surface area (Å²) in [7, 11) is 0. The van der Waals surface area contributed by atoms with Crippen molar-refractivity contribution < 1.29 is 4.42 Å². The number of rotatable bonds is 7. The van der Waals surface area contributed by atoms with Gasteiger partial charge in [-0.2, -0.15) is 0 Å². The highest BCUT2D eigenvalue weighted by atomic mass is 16.3. The summed E-state index contributed by atoms with van der Waals surface area (Å²) in [6, 6.07) is 69.3. The van der Waals surface area contributed by atoms with E-state index in [1.54, 1.807) is 0 Å². The fraction of sp³-hybridized carbons (Fsp3) is 0. The number of nitrogens with zero attached hydrogens (tertiary/aromatic N) is 3. The minimum absolute atomic E-state index is 0.591. The monoisotopic (exact) mass is 703 g/mol. The van der Waals surface area contributed by atoms with Gasteiger partial charge < -0.3 is 4.42 Å². The van der Waals surface area contributed by atoms with Gasteiger partial charge in [0, 0.05) is 33.0 Å². The van der Waals surface area contributed by atoms with Crippen LogP contribution in [0.3, 0.4) is 0 Å². The molecule has 4 heteroatoms. The Hall–Kier alpha value is -7.43. The lowest BCUT2D eigenvalue weighted by Gasteiger charge is -2.14. The average Bonchev–Trinajstić information content (AvgIpc) is 3.66. The van der Waals surface area contributed by atoms with Crippen molar-refractivity contribution in [3.8, 4) is 78.7 Å². The van der Waals surface area contributed by atoms with Gasteiger partial charge in [-0.15, -0.1) is 0 Å². The molecule has 4 nitrogen and oxygen atoms in total. The van der Waals surface area contributed by atoms with Crippen LogP contribution in [0.1, 0.15) is 0 Å². The summed E-state index contributed by atoms with van der Waals surface area (Å²) in [5, 5.41) is 2.08. The van der Waals surface area contributed by atoms with E-state index < -0.39 is 0 Å². The maximum Gasteiger partial charge on any atom is 0.164 e. The molecular weight excluding hydrogens is 671 g/mol. The first kappa shape index (κ1) is 32.2. The first-order valence-corrected chi connectivity index (χ1v) is 18.4. The van der Waals surface area contributed by atoms with Crippen LogP contribution in [0.5, 0.6) is 0 Å². The van der Waals surface area contributed by atoms with Crippen molar-refractivity contribution in [3.63, 3.8) is 0 Å². The molecule has 0 fully saturated rings. The Balaban J connectivity index is 1.17. The van der Waals surface area contributed by atoms with Crippen LogP contribution in [0.25, 0.3) is 101 Å². The maximum absolute atomic E-state index is 6.43. The fourth-order valence-corrected chi connectivity index (χ4v) is 7.40. The van der Waals surface area contributed by atoms with Crippen molar-refractivity contribution in [2.24, 2.45) is 0 Å². The van der Waals surface area contributed by atoms with Crippen molar-refractivity contribution in [2.45, 2.75) is 0 Å². The molecule has 0 atom stereocenters. The number of furan rings is 1. The molecule has 0 spiro atoms. The second-order valence-corrected chi connectivity index (χ2v) is 13.6. The largest absolute Gasteiger partial charge is 0.456 e. The minimum Gasteiger partial charge on any atom is -0.456 e. The van der Waals surface area contributed by atoms with E-state index in [4.69, 9.17) is 19.4 Å². The molecule has 0 aliphatic carbocycles. The van der Waals surface area contributed by atoms with E-state index in [1.807, 2.05) is 36.4 Å². The van der Waals surface area contributed by atoms with Crippen LogP contribution in [-0.2, 0) is 0 Å². The molecule has 0 bridgehead atoms.